The number of anilines is 1. The smallest absolute Gasteiger partial charge is 0.259 e. The molecule has 0 N–H and O–H groups in total. The van der Waals surface area contributed by atoms with E-state index in [1.165, 1.54) is 5.52 Å². The quantitative estimate of drug-likeness (QED) is 0.666. The van der Waals surface area contributed by atoms with Gasteiger partial charge in [0.05, 0.1) is 6.54 Å². The van der Waals surface area contributed by atoms with Crippen LogP contribution in [0.25, 0.3) is 10.9 Å². The molecule has 2 aromatic carbocycles. The Morgan fingerprint density at radius 1 is 1.10 bits per heavy atom. The number of fused-ring (bicyclic) bond motifs is 2. The van der Waals surface area contributed by atoms with Crippen LogP contribution in [0, 0.1) is 6.92 Å². The minimum absolute atomic E-state index is 0.110. The summed E-state index contributed by atoms with van der Waals surface area (Å²) in [7, 11) is 2.03. The van der Waals surface area contributed by atoms with Crippen LogP contribution in [-0.4, -0.2) is 10.5 Å². The molecular weight excluding hydrogens is 260 g/mol. The molecule has 2 heterocycles. The fourth-order valence-corrected chi connectivity index (χ4v) is 3.19. The predicted octanol–water partition coefficient (Wildman–Crippen LogP) is 3.65. The molecule has 0 aliphatic carbocycles. The molecule has 1 aliphatic heterocycles. The van der Waals surface area contributed by atoms with Gasteiger partial charge in [-0.1, -0.05) is 18.2 Å². The average molecular weight is 276 g/mol. The topological polar surface area (TPSA) is 25.2 Å². The Labute approximate surface area is 123 Å². The van der Waals surface area contributed by atoms with E-state index >= 15 is 0 Å². The highest BCUT2D eigenvalue weighted by molar-refractivity contribution is 6.11. The van der Waals surface area contributed by atoms with Crippen molar-refractivity contribution in [2.45, 2.75) is 13.5 Å². The van der Waals surface area contributed by atoms with Gasteiger partial charge in [-0.3, -0.25) is 4.79 Å². The fourth-order valence-electron chi connectivity index (χ4n) is 3.19. The minimum atomic E-state index is 0.110. The van der Waals surface area contributed by atoms with Crippen LogP contribution in [0.3, 0.4) is 0 Å². The maximum absolute atomic E-state index is 12.7. The second-order valence-corrected chi connectivity index (χ2v) is 5.67. The van der Waals surface area contributed by atoms with Crippen molar-refractivity contribution in [2.75, 3.05) is 4.90 Å². The number of rotatable bonds is 1. The first-order valence-electron chi connectivity index (χ1n) is 7.10. The number of hydrogen-bond donors (Lipinski definition) is 0. The van der Waals surface area contributed by atoms with Crippen molar-refractivity contribution < 1.29 is 4.79 Å². The van der Waals surface area contributed by atoms with Crippen molar-refractivity contribution in [3.8, 4) is 0 Å². The minimum Gasteiger partial charge on any atom is -0.351 e. The van der Waals surface area contributed by atoms with E-state index in [4.69, 9.17) is 0 Å². The number of aromatic nitrogens is 1. The van der Waals surface area contributed by atoms with Crippen molar-refractivity contribution in [2.24, 2.45) is 7.05 Å². The van der Waals surface area contributed by atoms with Crippen molar-refractivity contribution in [3.63, 3.8) is 0 Å². The van der Waals surface area contributed by atoms with Crippen molar-refractivity contribution in [1.29, 1.82) is 0 Å². The molecule has 21 heavy (non-hydrogen) atoms. The highest BCUT2D eigenvalue weighted by Crippen LogP contribution is 2.31. The van der Waals surface area contributed by atoms with Crippen LogP contribution in [0.15, 0.2) is 48.7 Å². The highest BCUT2D eigenvalue weighted by atomic mass is 16.2. The van der Waals surface area contributed by atoms with E-state index in [1.807, 2.05) is 49.3 Å². The third-order valence-corrected chi connectivity index (χ3v) is 4.33. The number of nitrogens with zero attached hydrogens (tertiary/aromatic N) is 2. The van der Waals surface area contributed by atoms with Crippen LogP contribution in [0.1, 0.15) is 21.5 Å². The molecule has 0 saturated heterocycles. The highest BCUT2D eigenvalue weighted by Gasteiger charge is 2.29. The lowest BCUT2D eigenvalue weighted by molar-refractivity contribution is 0.0996. The zero-order chi connectivity index (χ0) is 14.6. The second-order valence-electron chi connectivity index (χ2n) is 5.67. The fraction of sp³-hybridized carbons (Fsp3) is 0.167. The number of benzene rings is 2. The molecule has 1 amide bonds. The number of hydrogen-bond acceptors (Lipinski definition) is 1. The Kier molecular flexibility index (Phi) is 2.45. The summed E-state index contributed by atoms with van der Waals surface area (Å²) in [6.45, 7) is 2.66. The zero-order valence-electron chi connectivity index (χ0n) is 12.1. The van der Waals surface area contributed by atoms with Gasteiger partial charge in [0.25, 0.3) is 5.91 Å². The number of carbonyl (C=O) groups is 1. The van der Waals surface area contributed by atoms with Crippen LogP contribution < -0.4 is 4.90 Å². The average Bonchev–Trinajstić information content (AvgIpc) is 3.01. The normalized spacial score (nSPS) is 14.0. The first kappa shape index (κ1) is 12.2. The summed E-state index contributed by atoms with van der Waals surface area (Å²) in [4.78, 5) is 14.5. The Bertz CT molecular complexity index is 876. The largest absolute Gasteiger partial charge is 0.351 e. The van der Waals surface area contributed by atoms with Gasteiger partial charge in [0, 0.05) is 35.4 Å². The molecule has 1 aromatic heterocycles. The molecule has 4 rings (SSSR count). The van der Waals surface area contributed by atoms with Crippen LogP contribution in [-0.2, 0) is 13.6 Å². The van der Waals surface area contributed by atoms with Crippen molar-refractivity contribution in [1.82, 2.24) is 4.57 Å². The number of carbonyl (C=O) groups excluding carboxylic acids is 1. The third-order valence-electron chi connectivity index (χ3n) is 4.33. The van der Waals surface area contributed by atoms with E-state index in [0.29, 0.717) is 6.54 Å². The molecule has 3 heteroatoms. The summed E-state index contributed by atoms with van der Waals surface area (Å²) in [6, 6.07) is 14.3. The maximum atomic E-state index is 12.7. The predicted molar refractivity (Wildman–Crippen MR) is 84.6 cm³/mol. The summed E-state index contributed by atoms with van der Waals surface area (Å²) in [5, 5.41) is 1.16. The van der Waals surface area contributed by atoms with Gasteiger partial charge in [-0.05, 0) is 42.3 Å². The summed E-state index contributed by atoms with van der Waals surface area (Å²) < 4.78 is 2.09. The Morgan fingerprint density at radius 2 is 1.95 bits per heavy atom. The molecule has 0 radical (unpaired) electrons. The van der Waals surface area contributed by atoms with E-state index in [2.05, 4.69) is 22.8 Å². The van der Waals surface area contributed by atoms with Crippen molar-refractivity contribution in [3.05, 3.63) is 65.4 Å². The van der Waals surface area contributed by atoms with Crippen LogP contribution >= 0.6 is 0 Å². The molecule has 0 bridgehead atoms. The van der Waals surface area contributed by atoms with Gasteiger partial charge in [-0.25, -0.2) is 0 Å². The molecule has 3 nitrogen and oxygen atoms in total. The molecule has 104 valence electrons. The second kappa shape index (κ2) is 4.22. The number of amides is 1. The van der Waals surface area contributed by atoms with Gasteiger partial charge in [0.1, 0.15) is 0 Å². The van der Waals surface area contributed by atoms with E-state index in [0.717, 1.165) is 27.8 Å². The standard InChI is InChI=1S/C18H16N2O/c1-12-4-3-5-14-11-20(18(21)17(12)14)15-6-7-16-13(10-15)8-9-19(16)2/h3-10H,11H2,1-2H3. The summed E-state index contributed by atoms with van der Waals surface area (Å²) >= 11 is 0. The first-order chi connectivity index (χ1) is 10.1. The van der Waals surface area contributed by atoms with E-state index < -0.39 is 0 Å². The zero-order valence-corrected chi connectivity index (χ0v) is 12.1. The third kappa shape index (κ3) is 1.70. The number of aryl methyl sites for hydroxylation is 2. The maximum Gasteiger partial charge on any atom is 0.259 e. The lowest BCUT2D eigenvalue weighted by Crippen LogP contribution is -2.23. The Hall–Kier alpha value is -2.55. The monoisotopic (exact) mass is 276 g/mol. The molecular formula is C18H16N2O. The Balaban J connectivity index is 1.80. The summed E-state index contributed by atoms with van der Waals surface area (Å²) in [5.41, 5.74) is 5.19. The van der Waals surface area contributed by atoms with Crippen LogP contribution in [0.5, 0.6) is 0 Å². The van der Waals surface area contributed by atoms with Crippen LogP contribution in [0.2, 0.25) is 0 Å². The van der Waals surface area contributed by atoms with Gasteiger partial charge in [-0.15, -0.1) is 0 Å². The lowest BCUT2D eigenvalue weighted by atomic mass is 10.0. The van der Waals surface area contributed by atoms with Gasteiger partial charge in [0.15, 0.2) is 0 Å². The van der Waals surface area contributed by atoms with Gasteiger partial charge in [0.2, 0.25) is 0 Å². The first-order valence-corrected chi connectivity index (χ1v) is 7.10. The summed E-state index contributed by atoms with van der Waals surface area (Å²) in [5.74, 6) is 0.110. The van der Waals surface area contributed by atoms with E-state index in [-0.39, 0.29) is 5.91 Å². The molecule has 1 aliphatic rings. The van der Waals surface area contributed by atoms with Crippen molar-refractivity contribution >= 4 is 22.5 Å². The molecule has 0 spiro atoms. The van der Waals surface area contributed by atoms with E-state index in [9.17, 15) is 4.79 Å². The van der Waals surface area contributed by atoms with Gasteiger partial charge in [-0.2, -0.15) is 0 Å². The molecule has 0 saturated carbocycles. The van der Waals surface area contributed by atoms with E-state index in [1.54, 1.807) is 0 Å². The summed E-state index contributed by atoms with van der Waals surface area (Å²) in [6.07, 6.45) is 2.04. The van der Waals surface area contributed by atoms with Gasteiger partial charge < -0.3 is 9.47 Å². The molecule has 0 unspecified atom stereocenters. The lowest BCUT2D eigenvalue weighted by Gasteiger charge is -2.16. The molecule has 0 atom stereocenters. The molecule has 3 aromatic rings. The Morgan fingerprint density at radius 3 is 2.76 bits per heavy atom. The SMILES string of the molecule is Cc1cccc2c1C(=O)N(c1ccc3c(ccn3C)c1)C2. The van der Waals surface area contributed by atoms with Crippen LogP contribution in [0.4, 0.5) is 5.69 Å². The van der Waals surface area contributed by atoms with Gasteiger partial charge >= 0.3 is 0 Å². The molecule has 0 fully saturated rings.